The number of nitrogens with zero attached hydrogens (tertiary/aromatic N) is 15. The predicted molar refractivity (Wildman–Crippen MR) is 476 cm³/mol. The number of hydrogen-bond acceptors (Lipinski definition) is 14. The van der Waals surface area contributed by atoms with Gasteiger partial charge in [-0.3, -0.25) is 44.6 Å². The number of hydrogen-bond donors (Lipinski definition) is 0. The van der Waals surface area contributed by atoms with Crippen LogP contribution in [-0.2, 0) is 7.05 Å². The number of rotatable bonds is 10. The summed E-state index contributed by atoms with van der Waals surface area (Å²) in [7, 11) is 1.94. The molecule has 0 saturated carbocycles. The summed E-state index contributed by atoms with van der Waals surface area (Å²) in [4.78, 5) is 41.1. The largest absolute Gasteiger partial charge is 0.276 e. The minimum absolute atomic E-state index is 0. The van der Waals surface area contributed by atoms with Crippen molar-refractivity contribution >= 4 is 0 Å². The summed E-state index contributed by atoms with van der Waals surface area (Å²) in [5, 5.41) is 29.9. The molecular formula is C94H151F2N15. The van der Waals surface area contributed by atoms with Crippen LogP contribution < -0.4 is 0 Å². The maximum atomic E-state index is 12.4. The van der Waals surface area contributed by atoms with Crippen molar-refractivity contribution in [1.82, 2.24) is 59.6 Å². The Labute approximate surface area is 678 Å². The molecule has 10 heterocycles. The molecule has 10 rings (SSSR count). The lowest BCUT2D eigenvalue weighted by molar-refractivity contribution is 0.571. The molecule has 17 heteroatoms. The molecule has 616 valence electrons. The summed E-state index contributed by atoms with van der Waals surface area (Å²) < 4.78 is 26.5. The lowest BCUT2D eigenvalue weighted by Crippen LogP contribution is -1.96. The van der Waals surface area contributed by atoms with Crippen molar-refractivity contribution in [2.75, 3.05) is 0 Å². The monoisotopic (exact) mass is 1530 g/mol. The number of aryl methyl sites for hydroxylation is 4. The van der Waals surface area contributed by atoms with Gasteiger partial charge in [0.05, 0.1) is 34.4 Å². The van der Waals surface area contributed by atoms with Gasteiger partial charge >= 0.3 is 0 Å². The van der Waals surface area contributed by atoms with Crippen molar-refractivity contribution in [3.8, 4) is 18.2 Å². The maximum absolute atomic E-state index is 12.4. The van der Waals surface area contributed by atoms with E-state index in [0.29, 0.717) is 76.0 Å². The Kier molecular flexibility index (Phi) is 74.5. The van der Waals surface area contributed by atoms with Crippen LogP contribution >= 0.6 is 0 Å². The van der Waals surface area contributed by atoms with E-state index >= 15 is 0 Å². The van der Waals surface area contributed by atoms with Crippen LogP contribution in [0.2, 0.25) is 0 Å². The SMILES string of the molecule is C.C.C.C.C.C.C.C.C.C.CC(C)c1ccc(C#N)cn1.CC(C)c1ccc(F)cn1.CC(C)c1cccc(C#N)n1.CC(C)c1cccc(F)n1.CC(C)c1ccccn1.CC(C)c1ccn(C)n1.CC(C)c1cnccn1.Cc1ccc(C(C)C)nc1.Cc1cccc(C(C)C)n1.Cc1nc(C(C)C)ccc1C#N. The summed E-state index contributed by atoms with van der Waals surface area (Å²) in [6, 6.07) is 45.5. The molecule has 0 radical (unpaired) electrons. The Bertz CT molecular complexity index is 3820. The Morgan fingerprint density at radius 3 is 1.05 bits per heavy atom. The Morgan fingerprint density at radius 1 is 0.324 bits per heavy atom. The first-order valence-corrected chi connectivity index (χ1v) is 34.6. The van der Waals surface area contributed by atoms with Gasteiger partial charge < -0.3 is 0 Å². The average molecular weight is 1530 g/mol. The first kappa shape index (κ1) is 122. The topological polar surface area (TPSA) is 218 Å². The van der Waals surface area contributed by atoms with Gasteiger partial charge in [-0.15, -0.1) is 0 Å². The molecule has 0 saturated heterocycles. The van der Waals surface area contributed by atoms with Crippen molar-refractivity contribution in [2.45, 2.75) is 293 Å². The van der Waals surface area contributed by atoms with Crippen LogP contribution in [0.4, 0.5) is 8.78 Å². The van der Waals surface area contributed by atoms with Crippen LogP contribution in [0.3, 0.4) is 0 Å². The highest BCUT2D eigenvalue weighted by molar-refractivity contribution is 5.34. The van der Waals surface area contributed by atoms with Gasteiger partial charge in [0.25, 0.3) is 0 Å². The lowest BCUT2D eigenvalue weighted by Gasteiger charge is -2.05. The van der Waals surface area contributed by atoms with Crippen LogP contribution in [0.1, 0.15) is 363 Å². The zero-order valence-electron chi connectivity index (χ0n) is 64.5. The van der Waals surface area contributed by atoms with Crippen LogP contribution in [0.25, 0.3) is 0 Å². The van der Waals surface area contributed by atoms with E-state index < -0.39 is 5.95 Å². The average Bonchev–Trinajstić information content (AvgIpc) is 1.33. The van der Waals surface area contributed by atoms with E-state index in [1.165, 1.54) is 35.3 Å². The number of nitriles is 3. The molecule has 0 bridgehead atoms. The fraction of sp³-hybridized carbons (Fsp3) is 0.468. The molecule has 15 nitrogen and oxygen atoms in total. The van der Waals surface area contributed by atoms with E-state index in [1.54, 1.807) is 49.1 Å². The number of aromatic nitrogens is 12. The Balaban J connectivity index is -0.000000126. The zero-order valence-corrected chi connectivity index (χ0v) is 64.5. The summed E-state index contributed by atoms with van der Waals surface area (Å²) in [6.07, 6.45) is 13.8. The molecule has 0 aliphatic rings. The Hall–Kier alpha value is -10.2. The first-order chi connectivity index (χ1) is 47.7. The standard InChI is InChI=1S/C10H12N2.2C9H10N2.2C9H13N.2C8H10FN.C8H11N.C7H12N2.C7H10N2.10CH4/c1-7(2)10-5-4-9(6-11)8(3)12-10;1-7(2)9-4-3-8(5-10)6-11-9;1-7(2)9-5-3-4-8(6-10)11-9;1-7(2)9-5-4-8(3)6-10-9;1-7(2)9-6-4-5-8(3)10-9;1-6(2)8-4-3-7(9)5-10-8;1-6(2)7-4-3-5-8(9)10-7;1-7(2)8-5-3-4-6-9-8;1-6(2)7-4-5-9(3)8-7;1-6(2)7-5-8-3-4-9-7;;;;;;;;;;/h4-5,7H,1-3H3;3-4,6-7H,1-2H3;3-5,7H,1-2H3;2*4-7H,1-3H3;2*3-6H,1-2H3;3-7H,1-2H3;4-6H,1-3H3;3-6H,1-2H3;10*1H4. The molecule has 0 aromatic carbocycles. The molecule has 0 aliphatic carbocycles. The predicted octanol–water partition coefficient (Wildman–Crippen LogP) is 28.0. The molecule has 0 unspecified atom stereocenters. The van der Waals surface area contributed by atoms with Crippen molar-refractivity contribution < 1.29 is 8.78 Å². The van der Waals surface area contributed by atoms with Crippen molar-refractivity contribution in [1.29, 1.82) is 15.8 Å². The molecule has 0 atom stereocenters. The highest BCUT2D eigenvalue weighted by Crippen LogP contribution is 2.18. The number of halogens is 2. The van der Waals surface area contributed by atoms with Crippen LogP contribution in [-0.4, -0.2) is 59.6 Å². The minimum atomic E-state index is -0.397. The van der Waals surface area contributed by atoms with Gasteiger partial charge in [0.2, 0.25) is 5.95 Å². The second-order valence-electron chi connectivity index (χ2n) is 26.7. The van der Waals surface area contributed by atoms with E-state index in [0.717, 1.165) is 56.9 Å². The maximum Gasteiger partial charge on any atom is 0.213 e. The lowest BCUT2D eigenvalue weighted by atomic mass is 10.1. The molecule has 10 aromatic rings. The summed E-state index contributed by atoms with van der Waals surface area (Å²) in [5.74, 6) is 3.92. The van der Waals surface area contributed by atoms with Crippen LogP contribution in [0, 0.1) is 66.5 Å². The second kappa shape index (κ2) is 67.9. The van der Waals surface area contributed by atoms with Gasteiger partial charge in [0.15, 0.2) is 0 Å². The van der Waals surface area contributed by atoms with Crippen molar-refractivity contribution in [2.24, 2.45) is 7.05 Å². The summed E-state index contributed by atoms with van der Waals surface area (Å²) in [5.41, 5.74) is 15.5. The van der Waals surface area contributed by atoms with Crippen LogP contribution in [0.15, 0.2) is 177 Å². The first-order valence-electron chi connectivity index (χ1n) is 34.6. The molecule has 0 fully saturated rings. The van der Waals surface area contributed by atoms with E-state index in [-0.39, 0.29) is 80.1 Å². The van der Waals surface area contributed by atoms with Gasteiger partial charge in [-0.2, -0.15) is 25.3 Å². The third kappa shape index (κ3) is 53.3. The highest BCUT2D eigenvalue weighted by Gasteiger charge is 2.07. The second-order valence-corrected chi connectivity index (χ2v) is 26.7. The molecular weight excluding hydrogens is 1380 g/mol. The Morgan fingerprint density at radius 2 is 0.739 bits per heavy atom. The minimum Gasteiger partial charge on any atom is -0.276 e. The van der Waals surface area contributed by atoms with E-state index in [4.69, 9.17) is 15.8 Å². The fourth-order valence-corrected chi connectivity index (χ4v) is 7.92. The molecule has 111 heavy (non-hydrogen) atoms. The molecule has 0 N–H and O–H groups in total. The normalized spacial score (nSPS) is 9.23. The highest BCUT2D eigenvalue weighted by atomic mass is 19.1. The van der Waals surface area contributed by atoms with Gasteiger partial charge in [-0.05, 0) is 183 Å². The fourth-order valence-electron chi connectivity index (χ4n) is 7.92. The van der Waals surface area contributed by atoms with E-state index in [9.17, 15) is 8.78 Å². The third-order valence-electron chi connectivity index (χ3n) is 14.3. The van der Waals surface area contributed by atoms with Crippen molar-refractivity contribution in [3.05, 3.63) is 279 Å². The zero-order chi connectivity index (χ0) is 76.1. The molecule has 10 aromatic heterocycles. The van der Waals surface area contributed by atoms with Gasteiger partial charge in [-0.25, -0.2) is 14.4 Å². The summed E-state index contributed by atoms with van der Waals surface area (Å²) in [6.45, 7) is 47.8. The molecule has 0 spiro atoms. The van der Waals surface area contributed by atoms with E-state index in [1.807, 2.05) is 151 Å². The van der Waals surface area contributed by atoms with Crippen LogP contribution in [0.5, 0.6) is 0 Å². The third-order valence-corrected chi connectivity index (χ3v) is 14.3. The molecule has 0 aliphatic heterocycles. The molecule has 0 amide bonds. The van der Waals surface area contributed by atoms with Gasteiger partial charge in [-0.1, -0.05) is 243 Å². The van der Waals surface area contributed by atoms with Gasteiger partial charge in [0, 0.05) is 102 Å². The van der Waals surface area contributed by atoms with E-state index in [2.05, 4.69) is 203 Å². The van der Waals surface area contributed by atoms with Gasteiger partial charge in [0.1, 0.15) is 29.7 Å². The quantitative estimate of drug-likeness (QED) is 0.116. The number of pyridine rings is 8. The smallest absolute Gasteiger partial charge is 0.213 e. The van der Waals surface area contributed by atoms with Crippen molar-refractivity contribution in [3.63, 3.8) is 0 Å². The summed E-state index contributed by atoms with van der Waals surface area (Å²) >= 11 is 0.